The zero-order chi connectivity index (χ0) is 18.4. The summed E-state index contributed by atoms with van der Waals surface area (Å²) in [6.07, 6.45) is 0. The van der Waals surface area contributed by atoms with Gasteiger partial charge in [-0.3, -0.25) is 0 Å². The molecule has 1 aliphatic heterocycles. The Hall–Kier alpha value is -2.79. The molecule has 2 aromatic heterocycles. The molecule has 0 unspecified atom stereocenters. The Morgan fingerprint density at radius 2 is 1.67 bits per heavy atom. The predicted octanol–water partition coefficient (Wildman–Crippen LogP) is 4.66. The summed E-state index contributed by atoms with van der Waals surface area (Å²) in [5, 5.41) is 1.88. The van der Waals surface area contributed by atoms with Crippen molar-refractivity contribution in [3.63, 3.8) is 0 Å². The van der Waals surface area contributed by atoms with E-state index in [-0.39, 0.29) is 0 Å². The summed E-state index contributed by atoms with van der Waals surface area (Å²) in [4.78, 5) is 14.0. The molecule has 1 aliphatic rings. The van der Waals surface area contributed by atoms with Crippen LogP contribution in [0.3, 0.4) is 0 Å². The number of anilines is 2. The van der Waals surface area contributed by atoms with E-state index in [1.54, 1.807) is 0 Å². The topological polar surface area (TPSA) is 45.4 Å². The van der Waals surface area contributed by atoms with E-state index in [9.17, 15) is 0 Å². The van der Waals surface area contributed by atoms with Crippen LogP contribution in [0, 0.1) is 6.92 Å². The Morgan fingerprint density at radius 3 is 2.52 bits per heavy atom. The lowest BCUT2D eigenvalue weighted by atomic mass is 10.1. The van der Waals surface area contributed by atoms with E-state index < -0.39 is 0 Å². The molecule has 5 nitrogen and oxygen atoms in total. The number of aromatic nitrogens is 2. The van der Waals surface area contributed by atoms with Crippen LogP contribution in [0.4, 0.5) is 11.8 Å². The Bertz CT molecular complexity index is 1130. The number of rotatable bonds is 2. The molecule has 0 amide bonds. The SMILES string of the molecule is Cc1cc(N2CCN(c3nc4cc(Cl)ccc4o3)CC2)nc2ccccc12. The van der Waals surface area contributed by atoms with Gasteiger partial charge in [-0.15, -0.1) is 0 Å². The summed E-state index contributed by atoms with van der Waals surface area (Å²) in [6.45, 7) is 5.59. The number of piperazine rings is 1. The van der Waals surface area contributed by atoms with Crippen molar-refractivity contribution in [2.45, 2.75) is 6.92 Å². The molecular formula is C21H19ClN4O. The third-order valence-electron chi connectivity index (χ3n) is 5.12. The van der Waals surface area contributed by atoms with Gasteiger partial charge in [-0.05, 0) is 42.8 Å². The highest BCUT2D eigenvalue weighted by atomic mass is 35.5. The number of fused-ring (bicyclic) bond motifs is 2. The molecule has 2 aromatic carbocycles. The lowest BCUT2D eigenvalue weighted by molar-refractivity contribution is 0.540. The second-order valence-electron chi connectivity index (χ2n) is 6.90. The molecule has 1 fully saturated rings. The van der Waals surface area contributed by atoms with E-state index in [2.05, 4.69) is 46.0 Å². The van der Waals surface area contributed by atoms with Crippen molar-refractivity contribution >= 4 is 45.4 Å². The smallest absolute Gasteiger partial charge is 0.298 e. The first-order chi connectivity index (χ1) is 13.2. The molecule has 136 valence electrons. The number of benzene rings is 2. The normalized spacial score (nSPS) is 15.0. The van der Waals surface area contributed by atoms with Crippen molar-refractivity contribution in [3.05, 3.63) is 59.1 Å². The Labute approximate surface area is 162 Å². The molecule has 3 heterocycles. The van der Waals surface area contributed by atoms with Gasteiger partial charge in [0, 0.05) is 36.6 Å². The molecule has 0 aliphatic carbocycles. The van der Waals surface area contributed by atoms with Gasteiger partial charge in [-0.1, -0.05) is 29.8 Å². The van der Waals surface area contributed by atoms with Gasteiger partial charge < -0.3 is 14.2 Å². The average Bonchev–Trinajstić information content (AvgIpc) is 3.11. The van der Waals surface area contributed by atoms with Crippen LogP contribution in [-0.2, 0) is 0 Å². The van der Waals surface area contributed by atoms with E-state index in [1.807, 2.05) is 24.3 Å². The van der Waals surface area contributed by atoms with E-state index >= 15 is 0 Å². The molecular weight excluding hydrogens is 360 g/mol. The molecule has 27 heavy (non-hydrogen) atoms. The van der Waals surface area contributed by atoms with Crippen LogP contribution < -0.4 is 9.80 Å². The highest BCUT2D eigenvalue weighted by Gasteiger charge is 2.22. The predicted molar refractivity (Wildman–Crippen MR) is 110 cm³/mol. The van der Waals surface area contributed by atoms with Gasteiger partial charge in [0.2, 0.25) is 0 Å². The third kappa shape index (κ3) is 2.98. The molecule has 0 N–H and O–H groups in total. The standard InChI is InChI=1S/C21H19ClN4O/c1-14-12-20(23-17-5-3-2-4-16(14)17)25-8-10-26(11-9-25)21-24-18-13-15(22)6-7-19(18)27-21/h2-7,12-13H,8-11H2,1H3. The molecule has 0 radical (unpaired) electrons. The summed E-state index contributed by atoms with van der Waals surface area (Å²) in [5.74, 6) is 1.04. The number of aryl methyl sites for hydroxylation is 1. The van der Waals surface area contributed by atoms with Crippen molar-refractivity contribution in [3.8, 4) is 0 Å². The van der Waals surface area contributed by atoms with Crippen molar-refractivity contribution in [1.29, 1.82) is 0 Å². The minimum absolute atomic E-state index is 0.662. The van der Waals surface area contributed by atoms with E-state index in [4.69, 9.17) is 21.0 Å². The quantitative estimate of drug-likeness (QED) is 0.507. The van der Waals surface area contributed by atoms with Gasteiger partial charge in [0.1, 0.15) is 11.3 Å². The minimum Gasteiger partial charge on any atom is -0.423 e. The number of hydrogen-bond donors (Lipinski definition) is 0. The van der Waals surface area contributed by atoms with Gasteiger partial charge >= 0.3 is 0 Å². The third-order valence-corrected chi connectivity index (χ3v) is 5.36. The number of nitrogens with zero attached hydrogens (tertiary/aromatic N) is 4. The number of para-hydroxylation sites is 1. The van der Waals surface area contributed by atoms with E-state index in [0.29, 0.717) is 11.0 Å². The summed E-state index contributed by atoms with van der Waals surface area (Å²) in [6, 6.07) is 16.7. The van der Waals surface area contributed by atoms with Gasteiger partial charge in [0.05, 0.1) is 5.52 Å². The van der Waals surface area contributed by atoms with Gasteiger partial charge in [-0.25, -0.2) is 4.98 Å². The number of oxazole rings is 1. The van der Waals surface area contributed by atoms with Crippen molar-refractivity contribution in [1.82, 2.24) is 9.97 Å². The molecule has 1 saturated heterocycles. The maximum absolute atomic E-state index is 6.05. The van der Waals surface area contributed by atoms with E-state index in [0.717, 1.165) is 48.6 Å². The monoisotopic (exact) mass is 378 g/mol. The van der Waals surface area contributed by atoms with Crippen LogP contribution in [-0.4, -0.2) is 36.1 Å². The summed E-state index contributed by atoms with van der Waals surface area (Å²) >= 11 is 6.05. The molecule has 0 spiro atoms. The van der Waals surface area contributed by atoms with Crippen LogP contribution in [0.15, 0.2) is 52.9 Å². The number of hydrogen-bond acceptors (Lipinski definition) is 5. The van der Waals surface area contributed by atoms with Gasteiger partial charge in [0.25, 0.3) is 6.01 Å². The van der Waals surface area contributed by atoms with Crippen molar-refractivity contribution in [2.24, 2.45) is 0 Å². The van der Waals surface area contributed by atoms with Crippen LogP contribution >= 0.6 is 11.6 Å². The molecule has 5 rings (SSSR count). The summed E-state index contributed by atoms with van der Waals surface area (Å²) < 4.78 is 5.90. The van der Waals surface area contributed by atoms with Crippen molar-refractivity contribution in [2.75, 3.05) is 36.0 Å². The second-order valence-corrected chi connectivity index (χ2v) is 7.33. The second kappa shape index (κ2) is 6.43. The fourth-order valence-corrected chi connectivity index (χ4v) is 3.81. The summed E-state index contributed by atoms with van der Waals surface area (Å²) in [7, 11) is 0. The first-order valence-corrected chi connectivity index (χ1v) is 9.47. The zero-order valence-corrected chi connectivity index (χ0v) is 15.8. The number of halogens is 1. The van der Waals surface area contributed by atoms with Gasteiger partial charge in [0.15, 0.2) is 5.58 Å². The lowest BCUT2D eigenvalue weighted by Crippen LogP contribution is -2.47. The fourth-order valence-electron chi connectivity index (χ4n) is 3.64. The molecule has 4 aromatic rings. The first-order valence-electron chi connectivity index (χ1n) is 9.10. The van der Waals surface area contributed by atoms with Crippen LogP contribution in [0.2, 0.25) is 5.02 Å². The lowest BCUT2D eigenvalue weighted by Gasteiger charge is -2.34. The Balaban J connectivity index is 1.36. The highest BCUT2D eigenvalue weighted by Crippen LogP contribution is 2.27. The van der Waals surface area contributed by atoms with Gasteiger partial charge in [-0.2, -0.15) is 4.98 Å². The maximum atomic E-state index is 6.05. The zero-order valence-electron chi connectivity index (χ0n) is 15.0. The van der Waals surface area contributed by atoms with Crippen LogP contribution in [0.25, 0.3) is 22.0 Å². The van der Waals surface area contributed by atoms with Crippen molar-refractivity contribution < 1.29 is 4.42 Å². The van der Waals surface area contributed by atoms with Crippen LogP contribution in [0.5, 0.6) is 0 Å². The Kier molecular flexibility index (Phi) is 3.90. The van der Waals surface area contributed by atoms with E-state index in [1.165, 1.54) is 10.9 Å². The van der Waals surface area contributed by atoms with Crippen LogP contribution in [0.1, 0.15) is 5.56 Å². The minimum atomic E-state index is 0.662. The summed E-state index contributed by atoms with van der Waals surface area (Å²) in [5.41, 5.74) is 3.87. The highest BCUT2D eigenvalue weighted by molar-refractivity contribution is 6.31. The first kappa shape index (κ1) is 16.4. The molecule has 0 saturated carbocycles. The molecule has 0 bridgehead atoms. The fraction of sp³-hybridized carbons (Fsp3) is 0.238. The average molecular weight is 379 g/mol. The largest absolute Gasteiger partial charge is 0.423 e. The number of pyridine rings is 1. The maximum Gasteiger partial charge on any atom is 0.298 e. The molecule has 0 atom stereocenters. The molecule has 6 heteroatoms. The Morgan fingerprint density at radius 1 is 0.889 bits per heavy atom.